The second-order valence-electron chi connectivity index (χ2n) is 5.08. The molecule has 0 radical (unpaired) electrons. The van der Waals surface area contributed by atoms with Crippen LogP contribution in [0.25, 0.3) is 0 Å². The van der Waals surface area contributed by atoms with Crippen molar-refractivity contribution in [2.24, 2.45) is 0 Å². The second kappa shape index (κ2) is 5.29. The van der Waals surface area contributed by atoms with E-state index in [4.69, 9.17) is 17.3 Å². The molecule has 2 aromatic rings. The maximum Gasteiger partial charge on any atom is 0.224 e. The van der Waals surface area contributed by atoms with Gasteiger partial charge in [0.2, 0.25) is 5.28 Å². The maximum atomic E-state index is 6.15. The highest BCUT2D eigenvalue weighted by Gasteiger charge is 2.29. The summed E-state index contributed by atoms with van der Waals surface area (Å²) in [5.41, 5.74) is 8.79. The summed E-state index contributed by atoms with van der Waals surface area (Å²) in [4.78, 5) is 10.7. The van der Waals surface area contributed by atoms with Crippen molar-refractivity contribution in [3.8, 4) is 0 Å². The Morgan fingerprint density at radius 1 is 1.25 bits per heavy atom. The van der Waals surface area contributed by atoms with Crippen LogP contribution in [-0.4, -0.2) is 16.5 Å². The molecule has 20 heavy (non-hydrogen) atoms. The molecule has 1 aromatic carbocycles. The summed E-state index contributed by atoms with van der Waals surface area (Å²) in [6.07, 6.45) is 2.23. The molecule has 0 aliphatic carbocycles. The number of rotatable bonds is 2. The minimum Gasteiger partial charge on any atom is -0.394 e. The monoisotopic (exact) mass is 288 g/mol. The van der Waals surface area contributed by atoms with Crippen LogP contribution >= 0.6 is 11.6 Å². The molecular weight excluding hydrogens is 272 g/mol. The average molecular weight is 289 g/mol. The Labute approximate surface area is 123 Å². The average Bonchev–Trinajstić information content (AvgIpc) is 2.93. The molecule has 0 bridgehead atoms. The van der Waals surface area contributed by atoms with E-state index >= 15 is 0 Å². The Hall–Kier alpha value is -1.81. The first-order valence-electron chi connectivity index (χ1n) is 6.78. The van der Waals surface area contributed by atoms with Gasteiger partial charge in [-0.3, -0.25) is 0 Å². The van der Waals surface area contributed by atoms with Gasteiger partial charge in [0, 0.05) is 6.54 Å². The first-order chi connectivity index (χ1) is 9.66. The summed E-state index contributed by atoms with van der Waals surface area (Å²) in [7, 11) is 0. The van der Waals surface area contributed by atoms with Gasteiger partial charge in [-0.1, -0.05) is 30.3 Å². The summed E-state index contributed by atoms with van der Waals surface area (Å²) in [6, 6.07) is 10.8. The van der Waals surface area contributed by atoms with E-state index in [1.807, 2.05) is 13.0 Å². The Morgan fingerprint density at radius 2 is 2.00 bits per heavy atom. The van der Waals surface area contributed by atoms with E-state index in [0.717, 1.165) is 30.9 Å². The van der Waals surface area contributed by atoms with Crippen LogP contribution in [0.15, 0.2) is 30.3 Å². The van der Waals surface area contributed by atoms with E-state index in [9.17, 15) is 0 Å². The summed E-state index contributed by atoms with van der Waals surface area (Å²) in [5, 5.41) is 0.255. The third kappa shape index (κ3) is 2.31. The predicted molar refractivity (Wildman–Crippen MR) is 82.0 cm³/mol. The first-order valence-corrected chi connectivity index (χ1v) is 7.16. The predicted octanol–water partition coefficient (Wildman–Crippen LogP) is 3.36. The smallest absolute Gasteiger partial charge is 0.224 e. The molecule has 3 rings (SSSR count). The van der Waals surface area contributed by atoms with Crippen LogP contribution in [0.1, 0.15) is 30.1 Å². The zero-order valence-electron chi connectivity index (χ0n) is 11.4. The number of aromatic nitrogens is 2. The van der Waals surface area contributed by atoms with Crippen molar-refractivity contribution in [3.05, 3.63) is 46.9 Å². The topological polar surface area (TPSA) is 55.0 Å². The molecule has 1 atom stereocenters. The van der Waals surface area contributed by atoms with Crippen LogP contribution in [0, 0.1) is 6.92 Å². The fourth-order valence-corrected chi connectivity index (χ4v) is 3.00. The lowest BCUT2D eigenvalue weighted by atomic mass is 10.0. The largest absolute Gasteiger partial charge is 0.394 e. The number of halogens is 1. The van der Waals surface area contributed by atoms with Crippen molar-refractivity contribution in [3.63, 3.8) is 0 Å². The third-order valence-electron chi connectivity index (χ3n) is 3.80. The molecule has 0 spiro atoms. The van der Waals surface area contributed by atoms with Crippen molar-refractivity contribution in [1.82, 2.24) is 9.97 Å². The zero-order chi connectivity index (χ0) is 14.1. The van der Waals surface area contributed by atoms with Crippen LogP contribution in [0.5, 0.6) is 0 Å². The van der Waals surface area contributed by atoms with Crippen molar-refractivity contribution < 1.29 is 0 Å². The molecule has 1 aliphatic heterocycles. The van der Waals surface area contributed by atoms with Gasteiger partial charge in [-0.05, 0) is 36.9 Å². The van der Waals surface area contributed by atoms with E-state index < -0.39 is 0 Å². The summed E-state index contributed by atoms with van der Waals surface area (Å²) >= 11 is 5.99. The first kappa shape index (κ1) is 13.2. The van der Waals surface area contributed by atoms with Gasteiger partial charge in [0.05, 0.1) is 17.4 Å². The Balaban J connectivity index is 2.01. The molecule has 2 heterocycles. The van der Waals surface area contributed by atoms with Gasteiger partial charge < -0.3 is 10.6 Å². The number of nitrogens with two attached hydrogens (primary N) is 1. The van der Waals surface area contributed by atoms with Crippen LogP contribution in [0.3, 0.4) is 0 Å². The lowest BCUT2D eigenvalue weighted by Gasteiger charge is -2.27. The quantitative estimate of drug-likeness (QED) is 0.861. The molecule has 1 saturated heterocycles. The summed E-state index contributed by atoms with van der Waals surface area (Å²) in [5.74, 6) is 0.758. The molecule has 1 fully saturated rings. The molecule has 2 N–H and O–H groups in total. The van der Waals surface area contributed by atoms with Crippen LogP contribution in [-0.2, 0) is 0 Å². The van der Waals surface area contributed by atoms with Crippen LogP contribution in [0.2, 0.25) is 5.28 Å². The Kier molecular flexibility index (Phi) is 3.49. The zero-order valence-corrected chi connectivity index (χ0v) is 12.1. The third-order valence-corrected chi connectivity index (χ3v) is 3.97. The van der Waals surface area contributed by atoms with Crippen LogP contribution < -0.4 is 10.6 Å². The van der Waals surface area contributed by atoms with Crippen molar-refractivity contribution in [2.45, 2.75) is 25.8 Å². The molecule has 104 valence electrons. The van der Waals surface area contributed by atoms with Crippen molar-refractivity contribution >= 4 is 23.1 Å². The van der Waals surface area contributed by atoms with E-state index in [1.165, 1.54) is 5.56 Å². The molecule has 1 aromatic heterocycles. The van der Waals surface area contributed by atoms with Gasteiger partial charge in [-0.15, -0.1) is 0 Å². The minimum absolute atomic E-state index is 0.255. The number of nitrogens with zero attached hydrogens (tertiary/aromatic N) is 3. The normalized spacial score (nSPS) is 18.5. The van der Waals surface area contributed by atoms with E-state index in [0.29, 0.717) is 11.7 Å². The molecule has 0 amide bonds. The lowest BCUT2D eigenvalue weighted by Crippen LogP contribution is -2.25. The van der Waals surface area contributed by atoms with Gasteiger partial charge in [0.25, 0.3) is 0 Å². The van der Waals surface area contributed by atoms with E-state index in [-0.39, 0.29) is 5.28 Å². The highest BCUT2D eigenvalue weighted by molar-refractivity contribution is 6.28. The second-order valence-corrected chi connectivity index (χ2v) is 5.42. The Morgan fingerprint density at radius 3 is 2.75 bits per heavy atom. The van der Waals surface area contributed by atoms with Gasteiger partial charge >= 0.3 is 0 Å². The van der Waals surface area contributed by atoms with Gasteiger partial charge in [0.15, 0.2) is 5.82 Å². The fraction of sp³-hybridized carbons (Fsp3) is 0.333. The van der Waals surface area contributed by atoms with Gasteiger partial charge in [-0.25, -0.2) is 4.98 Å². The number of anilines is 2. The Bertz CT molecular complexity index is 615. The van der Waals surface area contributed by atoms with Gasteiger partial charge in [-0.2, -0.15) is 4.98 Å². The molecule has 4 nitrogen and oxygen atoms in total. The molecular formula is C15H17ClN4. The standard InChI is InChI=1S/C15H17ClN4/c1-10-13(17)14(19-15(16)18-10)20-9-5-8-12(20)11-6-3-2-4-7-11/h2-4,6-7,12H,5,8-9,17H2,1H3. The summed E-state index contributed by atoms with van der Waals surface area (Å²) in [6.45, 7) is 2.80. The minimum atomic E-state index is 0.255. The van der Waals surface area contributed by atoms with Crippen LogP contribution in [0.4, 0.5) is 11.5 Å². The molecule has 0 saturated carbocycles. The summed E-state index contributed by atoms with van der Waals surface area (Å²) < 4.78 is 0. The maximum absolute atomic E-state index is 6.15. The highest BCUT2D eigenvalue weighted by atomic mass is 35.5. The van der Waals surface area contributed by atoms with Crippen molar-refractivity contribution in [2.75, 3.05) is 17.2 Å². The number of hydrogen-bond acceptors (Lipinski definition) is 4. The number of hydrogen-bond donors (Lipinski definition) is 1. The highest BCUT2D eigenvalue weighted by Crippen LogP contribution is 2.38. The number of nitrogen functional groups attached to an aromatic ring is 1. The van der Waals surface area contributed by atoms with Crippen molar-refractivity contribution in [1.29, 1.82) is 0 Å². The van der Waals surface area contributed by atoms with Gasteiger partial charge in [0.1, 0.15) is 0 Å². The SMILES string of the molecule is Cc1nc(Cl)nc(N2CCCC2c2ccccc2)c1N. The lowest BCUT2D eigenvalue weighted by molar-refractivity contribution is 0.711. The number of benzene rings is 1. The fourth-order valence-electron chi connectivity index (χ4n) is 2.79. The molecule has 5 heteroatoms. The van der Waals surface area contributed by atoms with E-state index in [1.54, 1.807) is 0 Å². The molecule has 1 unspecified atom stereocenters. The van der Waals surface area contributed by atoms with E-state index in [2.05, 4.69) is 39.1 Å². The molecule has 1 aliphatic rings. The number of aryl methyl sites for hydroxylation is 1.